The van der Waals surface area contributed by atoms with Crippen molar-refractivity contribution in [3.63, 3.8) is 0 Å². The highest BCUT2D eigenvalue weighted by Gasteiger charge is 2.35. The number of rotatable bonds is 8. The summed E-state index contributed by atoms with van der Waals surface area (Å²) >= 11 is 0. The molecule has 6 nitrogen and oxygen atoms in total. The molecular weight excluding hydrogens is 376 g/mol. The van der Waals surface area contributed by atoms with Crippen molar-refractivity contribution in [2.24, 2.45) is 16.3 Å². The number of amides is 1. The zero-order chi connectivity index (χ0) is 22.0. The minimum atomic E-state index is -0.0106. The Hall–Kier alpha value is -2.08. The van der Waals surface area contributed by atoms with E-state index in [1.165, 1.54) is 6.42 Å². The smallest absolute Gasteiger partial charge is 0.251 e. The van der Waals surface area contributed by atoms with Crippen LogP contribution < -0.4 is 16.0 Å². The molecule has 0 aromatic heterocycles. The van der Waals surface area contributed by atoms with Crippen LogP contribution in [0.1, 0.15) is 69.3 Å². The Morgan fingerprint density at radius 1 is 1.17 bits per heavy atom. The number of aliphatic imine (C=N–C) groups is 1. The maximum absolute atomic E-state index is 12.1. The molecule has 0 spiro atoms. The monoisotopic (exact) mass is 416 g/mol. The van der Waals surface area contributed by atoms with Gasteiger partial charge < -0.3 is 20.7 Å². The van der Waals surface area contributed by atoms with E-state index < -0.39 is 0 Å². The number of benzene rings is 1. The van der Waals surface area contributed by atoms with Gasteiger partial charge in [0.05, 0.1) is 6.10 Å². The van der Waals surface area contributed by atoms with Crippen LogP contribution in [0, 0.1) is 11.3 Å². The number of unbranched alkanes of at least 4 members (excludes halogenated alkanes) is 1. The molecule has 30 heavy (non-hydrogen) atoms. The predicted molar refractivity (Wildman–Crippen MR) is 124 cm³/mol. The molecule has 1 aromatic carbocycles. The second kappa shape index (κ2) is 11.9. The number of nitrogens with zero attached hydrogens (tertiary/aromatic N) is 1. The summed E-state index contributed by atoms with van der Waals surface area (Å²) < 4.78 is 6.08. The van der Waals surface area contributed by atoms with Crippen molar-refractivity contribution in [2.45, 2.75) is 66.0 Å². The lowest BCUT2D eigenvalue weighted by Crippen LogP contribution is -2.47. The Morgan fingerprint density at radius 2 is 1.90 bits per heavy atom. The molecule has 0 saturated carbocycles. The highest BCUT2D eigenvalue weighted by Crippen LogP contribution is 2.33. The normalized spacial score (nSPS) is 20.0. The molecule has 0 bridgehead atoms. The molecule has 1 saturated heterocycles. The molecule has 2 rings (SSSR count). The van der Waals surface area contributed by atoms with Crippen LogP contribution in [-0.4, -0.2) is 44.7 Å². The first-order valence-electron chi connectivity index (χ1n) is 11.3. The first-order chi connectivity index (χ1) is 14.3. The van der Waals surface area contributed by atoms with Gasteiger partial charge in [0.2, 0.25) is 0 Å². The minimum absolute atomic E-state index is 0.0106. The third-order valence-corrected chi connectivity index (χ3v) is 5.55. The summed E-state index contributed by atoms with van der Waals surface area (Å²) in [4.78, 5) is 16.5. The number of hydrogen-bond acceptors (Lipinski definition) is 3. The molecule has 3 N–H and O–H groups in total. The molecule has 168 valence electrons. The van der Waals surface area contributed by atoms with E-state index in [1.54, 1.807) is 7.05 Å². The second-order valence-corrected chi connectivity index (χ2v) is 9.17. The Kier molecular flexibility index (Phi) is 9.63. The average Bonchev–Trinajstić information content (AvgIpc) is 2.74. The number of guanidine groups is 1. The van der Waals surface area contributed by atoms with Crippen molar-refractivity contribution in [3.8, 4) is 0 Å². The summed E-state index contributed by atoms with van der Waals surface area (Å²) in [6.45, 7) is 11.9. The van der Waals surface area contributed by atoms with Gasteiger partial charge in [0, 0.05) is 44.8 Å². The topological polar surface area (TPSA) is 74.8 Å². The summed E-state index contributed by atoms with van der Waals surface area (Å²) in [5.74, 6) is 1.25. The van der Waals surface area contributed by atoms with Gasteiger partial charge in [-0.3, -0.25) is 9.79 Å². The van der Waals surface area contributed by atoms with Crippen LogP contribution in [0.15, 0.2) is 29.3 Å². The molecule has 1 aromatic rings. The van der Waals surface area contributed by atoms with Gasteiger partial charge in [-0.2, -0.15) is 0 Å². The number of hydrogen-bond donors (Lipinski definition) is 3. The summed E-state index contributed by atoms with van der Waals surface area (Å²) in [6.07, 6.45) is 4.62. The van der Waals surface area contributed by atoms with E-state index in [-0.39, 0.29) is 17.4 Å². The maximum atomic E-state index is 12.1. The molecule has 0 radical (unpaired) electrons. The fraction of sp³-hybridized carbons (Fsp3) is 0.667. The van der Waals surface area contributed by atoms with Gasteiger partial charge in [0.1, 0.15) is 0 Å². The Balaban J connectivity index is 1.81. The third kappa shape index (κ3) is 7.63. The maximum Gasteiger partial charge on any atom is 0.251 e. The summed E-state index contributed by atoms with van der Waals surface area (Å²) in [5.41, 5.74) is 1.94. The van der Waals surface area contributed by atoms with E-state index in [0.717, 1.165) is 50.5 Å². The van der Waals surface area contributed by atoms with Crippen LogP contribution >= 0.6 is 0 Å². The van der Waals surface area contributed by atoms with Gasteiger partial charge in [-0.05, 0) is 42.4 Å². The number of nitrogens with one attached hydrogen (secondary N) is 3. The van der Waals surface area contributed by atoms with Gasteiger partial charge >= 0.3 is 0 Å². The largest absolute Gasteiger partial charge is 0.377 e. The number of carbonyl (C=O) groups excluding carboxylic acids is 1. The summed E-state index contributed by atoms with van der Waals surface area (Å²) in [7, 11) is 1.79. The van der Waals surface area contributed by atoms with E-state index >= 15 is 0 Å². The Bertz CT molecular complexity index is 679. The lowest BCUT2D eigenvalue weighted by atomic mass is 9.78. The Labute approximate surface area is 182 Å². The first-order valence-corrected chi connectivity index (χ1v) is 11.3. The van der Waals surface area contributed by atoms with Crippen LogP contribution in [0.3, 0.4) is 0 Å². The molecule has 6 heteroatoms. The molecular formula is C24H40N4O2. The van der Waals surface area contributed by atoms with Crippen LogP contribution in [-0.2, 0) is 11.3 Å². The first kappa shape index (κ1) is 24.2. The van der Waals surface area contributed by atoms with Crippen LogP contribution in [0.4, 0.5) is 0 Å². The van der Waals surface area contributed by atoms with E-state index in [9.17, 15) is 4.79 Å². The van der Waals surface area contributed by atoms with E-state index in [2.05, 4.69) is 48.6 Å². The fourth-order valence-electron chi connectivity index (χ4n) is 3.90. The average molecular weight is 417 g/mol. The molecule has 2 unspecified atom stereocenters. The SMILES string of the molecule is CCCCNC(=O)c1ccc(CNC(=NC)NCC2CCCOC2C(C)(C)C)cc1. The van der Waals surface area contributed by atoms with Gasteiger partial charge in [-0.25, -0.2) is 0 Å². The van der Waals surface area contributed by atoms with Crippen molar-refractivity contribution >= 4 is 11.9 Å². The van der Waals surface area contributed by atoms with Crippen molar-refractivity contribution in [2.75, 3.05) is 26.7 Å². The van der Waals surface area contributed by atoms with Gasteiger partial charge in [0.15, 0.2) is 5.96 Å². The molecule has 1 aliphatic heterocycles. The molecule has 1 aliphatic rings. The van der Waals surface area contributed by atoms with Crippen molar-refractivity contribution in [1.82, 2.24) is 16.0 Å². The van der Waals surface area contributed by atoms with Gasteiger partial charge in [-0.1, -0.05) is 46.2 Å². The highest BCUT2D eigenvalue weighted by atomic mass is 16.5. The molecule has 2 atom stereocenters. The molecule has 1 amide bonds. The highest BCUT2D eigenvalue weighted by molar-refractivity contribution is 5.94. The lowest BCUT2D eigenvalue weighted by molar-refractivity contribution is -0.0835. The van der Waals surface area contributed by atoms with E-state index in [1.807, 2.05) is 24.3 Å². The molecule has 1 heterocycles. The second-order valence-electron chi connectivity index (χ2n) is 9.17. The van der Waals surface area contributed by atoms with Crippen LogP contribution in [0.25, 0.3) is 0 Å². The van der Waals surface area contributed by atoms with Gasteiger partial charge in [0.25, 0.3) is 5.91 Å². The third-order valence-electron chi connectivity index (χ3n) is 5.55. The van der Waals surface area contributed by atoms with Crippen molar-refractivity contribution in [1.29, 1.82) is 0 Å². The van der Waals surface area contributed by atoms with E-state index in [0.29, 0.717) is 18.0 Å². The van der Waals surface area contributed by atoms with Crippen molar-refractivity contribution in [3.05, 3.63) is 35.4 Å². The van der Waals surface area contributed by atoms with Crippen molar-refractivity contribution < 1.29 is 9.53 Å². The summed E-state index contributed by atoms with van der Waals surface area (Å²) in [5, 5.41) is 9.78. The van der Waals surface area contributed by atoms with Crippen LogP contribution in [0.5, 0.6) is 0 Å². The molecule has 0 aliphatic carbocycles. The number of ether oxygens (including phenoxy) is 1. The quantitative estimate of drug-likeness (QED) is 0.343. The standard InChI is InChI=1S/C24H40N4O2/c1-6-7-14-26-22(29)19-12-10-18(11-13-19)16-27-23(25-5)28-17-20-9-8-15-30-21(20)24(2,3)4/h10-13,20-21H,6-9,14-17H2,1-5H3,(H,26,29)(H2,25,27,28). The zero-order valence-electron chi connectivity index (χ0n) is 19.4. The predicted octanol–water partition coefficient (Wildman–Crippen LogP) is 3.72. The zero-order valence-corrected chi connectivity index (χ0v) is 19.4. The lowest BCUT2D eigenvalue weighted by Gasteiger charge is -2.40. The molecule has 1 fully saturated rings. The Morgan fingerprint density at radius 3 is 2.53 bits per heavy atom. The minimum Gasteiger partial charge on any atom is -0.377 e. The summed E-state index contributed by atoms with van der Waals surface area (Å²) in [6, 6.07) is 7.73. The van der Waals surface area contributed by atoms with E-state index in [4.69, 9.17) is 4.74 Å². The van der Waals surface area contributed by atoms with Gasteiger partial charge in [-0.15, -0.1) is 0 Å². The fourth-order valence-corrected chi connectivity index (χ4v) is 3.90. The van der Waals surface area contributed by atoms with Crippen LogP contribution in [0.2, 0.25) is 0 Å². The number of carbonyl (C=O) groups is 1.